The highest BCUT2D eigenvalue weighted by molar-refractivity contribution is 5.32. The third kappa shape index (κ3) is 3.00. The molecule has 100 valence electrons. The van der Waals surface area contributed by atoms with Crippen molar-refractivity contribution in [3.63, 3.8) is 0 Å². The fourth-order valence-electron chi connectivity index (χ4n) is 2.00. The van der Waals surface area contributed by atoms with Crippen LogP contribution in [0.25, 0.3) is 0 Å². The van der Waals surface area contributed by atoms with Crippen LogP contribution in [0.5, 0.6) is 0 Å². The molecule has 0 saturated carbocycles. The minimum atomic E-state index is -0.561. The van der Waals surface area contributed by atoms with Gasteiger partial charge in [-0.3, -0.25) is 10.1 Å². The highest BCUT2D eigenvalue weighted by Crippen LogP contribution is 2.24. The van der Waals surface area contributed by atoms with Crippen LogP contribution in [0, 0.1) is 24.0 Å². The number of aryl methyl sites for hydroxylation is 2. The Bertz CT molecular complexity index is 604. The average Bonchev–Trinajstić information content (AvgIpc) is 2.83. The second-order valence-corrected chi connectivity index (χ2v) is 4.67. The summed E-state index contributed by atoms with van der Waals surface area (Å²) >= 11 is 0. The minimum absolute atomic E-state index is 0.272. The maximum Gasteiger partial charge on any atom is 0.433 e. The molecule has 0 radical (unpaired) electrons. The monoisotopic (exact) mass is 260 g/mol. The van der Waals surface area contributed by atoms with Crippen LogP contribution in [-0.4, -0.2) is 4.92 Å². The summed E-state index contributed by atoms with van der Waals surface area (Å²) in [4.78, 5) is 10.0. The molecule has 0 aliphatic rings. The van der Waals surface area contributed by atoms with E-state index in [1.54, 1.807) is 6.07 Å². The van der Waals surface area contributed by atoms with E-state index in [4.69, 9.17) is 10.2 Å². The molecular formula is C14H16N2O3. The molecule has 0 fully saturated rings. The molecule has 0 amide bonds. The summed E-state index contributed by atoms with van der Waals surface area (Å²) in [5, 5.41) is 10.6. The summed E-state index contributed by atoms with van der Waals surface area (Å²) < 4.78 is 5.13. The van der Waals surface area contributed by atoms with Crippen molar-refractivity contribution in [2.45, 2.75) is 26.3 Å². The number of nitrogens with zero attached hydrogens (tertiary/aromatic N) is 1. The molecule has 1 unspecified atom stereocenters. The van der Waals surface area contributed by atoms with Crippen LogP contribution < -0.4 is 5.73 Å². The molecule has 5 nitrogen and oxygen atoms in total. The van der Waals surface area contributed by atoms with Crippen LogP contribution in [0.15, 0.2) is 34.7 Å². The Kier molecular flexibility index (Phi) is 3.66. The number of benzene rings is 1. The SMILES string of the molecule is Cc1ccc(C)c(CC(N)c2ccc([N+](=O)[O-])o2)c1. The molecule has 1 atom stereocenters. The number of rotatable bonds is 4. The van der Waals surface area contributed by atoms with Gasteiger partial charge >= 0.3 is 5.88 Å². The normalized spacial score (nSPS) is 12.4. The first-order valence-electron chi connectivity index (χ1n) is 6.03. The van der Waals surface area contributed by atoms with E-state index in [1.807, 2.05) is 26.0 Å². The fraction of sp³-hybridized carbons (Fsp3) is 0.286. The van der Waals surface area contributed by atoms with Crippen molar-refractivity contribution in [3.8, 4) is 0 Å². The van der Waals surface area contributed by atoms with Gasteiger partial charge in [0.2, 0.25) is 0 Å². The average molecular weight is 260 g/mol. The minimum Gasteiger partial charge on any atom is -0.404 e. The zero-order chi connectivity index (χ0) is 14.0. The van der Waals surface area contributed by atoms with E-state index in [0.717, 1.165) is 11.1 Å². The van der Waals surface area contributed by atoms with E-state index in [9.17, 15) is 10.1 Å². The number of hydrogen-bond donors (Lipinski definition) is 1. The first-order chi connectivity index (χ1) is 8.97. The molecule has 1 aromatic heterocycles. The molecule has 2 N–H and O–H groups in total. The molecule has 0 bridgehead atoms. The van der Waals surface area contributed by atoms with Crippen molar-refractivity contribution in [3.05, 3.63) is 62.9 Å². The topological polar surface area (TPSA) is 82.3 Å². The van der Waals surface area contributed by atoms with Gasteiger partial charge in [0.1, 0.15) is 10.7 Å². The Morgan fingerprint density at radius 3 is 2.68 bits per heavy atom. The first kappa shape index (κ1) is 13.3. The summed E-state index contributed by atoms with van der Waals surface area (Å²) in [5.74, 6) is 0.166. The largest absolute Gasteiger partial charge is 0.433 e. The fourth-order valence-corrected chi connectivity index (χ4v) is 2.00. The van der Waals surface area contributed by atoms with Gasteiger partial charge in [0.15, 0.2) is 0 Å². The third-order valence-corrected chi connectivity index (χ3v) is 3.10. The van der Waals surface area contributed by atoms with Gasteiger partial charge in [0.05, 0.1) is 12.1 Å². The smallest absolute Gasteiger partial charge is 0.404 e. The van der Waals surface area contributed by atoms with Gasteiger partial charge < -0.3 is 10.2 Å². The number of nitro groups is 1. The van der Waals surface area contributed by atoms with Crippen molar-refractivity contribution in [2.75, 3.05) is 0 Å². The molecule has 19 heavy (non-hydrogen) atoms. The summed E-state index contributed by atoms with van der Waals surface area (Å²) in [6.07, 6.45) is 0.595. The van der Waals surface area contributed by atoms with Gasteiger partial charge in [-0.05, 0) is 37.5 Å². The molecule has 2 aromatic rings. The zero-order valence-electron chi connectivity index (χ0n) is 10.9. The van der Waals surface area contributed by atoms with Gasteiger partial charge in [0, 0.05) is 0 Å². The van der Waals surface area contributed by atoms with E-state index in [-0.39, 0.29) is 11.9 Å². The highest BCUT2D eigenvalue weighted by atomic mass is 16.6. The Balaban J connectivity index is 2.17. The van der Waals surface area contributed by atoms with Crippen LogP contribution in [0.2, 0.25) is 0 Å². The molecule has 0 spiro atoms. The predicted octanol–water partition coefficient (Wildman–Crippen LogP) is 3.05. The van der Waals surface area contributed by atoms with Crippen molar-refractivity contribution >= 4 is 5.88 Å². The molecule has 0 saturated heterocycles. The van der Waals surface area contributed by atoms with Crippen LogP contribution in [-0.2, 0) is 6.42 Å². The van der Waals surface area contributed by atoms with E-state index in [2.05, 4.69) is 6.07 Å². The van der Waals surface area contributed by atoms with Crippen molar-refractivity contribution in [1.29, 1.82) is 0 Å². The lowest BCUT2D eigenvalue weighted by molar-refractivity contribution is -0.402. The van der Waals surface area contributed by atoms with Crippen LogP contribution >= 0.6 is 0 Å². The quantitative estimate of drug-likeness (QED) is 0.676. The molecule has 1 heterocycles. The van der Waals surface area contributed by atoms with Crippen molar-refractivity contribution < 1.29 is 9.34 Å². The van der Waals surface area contributed by atoms with Crippen LogP contribution in [0.1, 0.15) is 28.5 Å². The van der Waals surface area contributed by atoms with Crippen molar-refractivity contribution in [2.24, 2.45) is 5.73 Å². The third-order valence-electron chi connectivity index (χ3n) is 3.10. The van der Waals surface area contributed by atoms with E-state index in [1.165, 1.54) is 11.6 Å². The predicted molar refractivity (Wildman–Crippen MR) is 71.9 cm³/mol. The second-order valence-electron chi connectivity index (χ2n) is 4.67. The highest BCUT2D eigenvalue weighted by Gasteiger charge is 2.17. The lowest BCUT2D eigenvalue weighted by Crippen LogP contribution is -2.13. The van der Waals surface area contributed by atoms with Gasteiger partial charge in [-0.25, -0.2) is 0 Å². The number of hydrogen-bond acceptors (Lipinski definition) is 4. The lowest BCUT2D eigenvalue weighted by atomic mass is 9.98. The summed E-state index contributed by atoms with van der Waals surface area (Å²) in [6.45, 7) is 4.04. The molecular weight excluding hydrogens is 244 g/mol. The maximum absolute atomic E-state index is 10.6. The molecule has 2 rings (SSSR count). The van der Waals surface area contributed by atoms with E-state index in [0.29, 0.717) is 12.2 Å². The van der Waals surface area contributed by atoms with Gasteiger partial charge in [-0.2, -0.15) is 0 Å². The Morgan fingerprint density at radius 2 is 2.05 bits per heavy atom. The second kappa shape index (κ2) is 5.24. The molecule has 0 aliphatic heterocycles. The van der Waals surface area contributed by atoms with E-state index < -0.39 is 4.92 Å². The molecule has 1 aromatic carbocycles. The Hall–Kier alpha value is -2.14. The standard InChI is InChI=1S/C14H16N2O3/c1-9-3-4-10(2)11(7-9)8-12(15)13-5-6-14(19-13)16(17)18/h3-7,12H,8,15H2,1-2H3. The molecule has 0 aliphatic carbocycles. The first-order valence-corrected chi connectivity index (χ1v) is 6.03. The zero-order valence-corrected chi connectivity index (χ0v) is 10.9. The van der Waals surface area contributed by atoms with Gasteiger partial charge in [-0.15, -0.1) is 0 Å². The molecule has 5 heteroatoms. The summed E-state index contributed by atoms with van der Waals surface area (Å²) in [6, 6.07) is 8.68. The van der Waals surface area contributed by atoms with Crippen molar-refractivity contribution in [1.82, 2.24) is 0 Å². The summed E-state index contributed by atoms with van der Waals surface area (Å²) in [7, 11) is 0. The van der Waals surface area contributed by atoms with Crippen LogP contribution in [0.4, 0.5) is 5.88 Å². The lowest BCUT2D eigenvalue weighted by Gasteiger charge is -2.11. The number of furan rings is 1. The number of nitrogens with two attached hydrogens (primary N) is 1. The van der Waals surface area contributed by atoms with Gasteiger partial charge in [-0.1, -0.05) is 23.8 Å². The van der Waals surface area contributed by atoms with Crippen LogP contribution in [0.3, 0.4) is 0 Å². The Labute approximate surface area is 111 Å². The van der Waals surface area contributed by atoms with Gasteiger partial charge in [0.25, 0.3) is 0 Å². The maximum atomic E-state index is 10.6. The summed E-state index contributed by atoms with van der Waals surface area (Å²) in [5.41, 5.74) is 9.49. The Morgan fingerprint density at radius 1 is 1.32 bits per heavy atom. The van der Waals surface area contributed by atoms with E-state index >= 15 is 0 Å².